The number of phosphoric ester groups is 1. The fourth-order valence-electron chi connectivity index (χ4n) is 4.75. The van der Waals surface area contributed by atoms with E-state index in [1.165, 1.54) is 91.3 Å². The third-order valence-corrected chi connectivity index (χ3v) is 8.83. The summed E-state index contributed by atoms with van der Waals surface area (Å²) < 4.78 is 44.5. The van der Waals surface area contributed by atoms with Crippen LogP contribution in [0.5, 0.6) is 5.75 Å². The molecular weight excluding hydrogens is 585 g/mol. The van der Waals surface area contributed by atoms with Gasteiger partial charge in [-0.05, 0) is 29.6 Å². The molecule has 11 nitrogen and oxygen atoms in total. The minimum absolute atomic E-state index is 0.131. The number of hydrogen-bond acceptors (Lipinski definition) is 9. The zero-order chi connectivity index (χ0) is 32.3. The molecule has 0 bridgehead atoms. The van der Waals surface area contributed by atoms with E-state index in [4.69, 9.17) is 33.3 Å². The molecule has 0 amide bonds. The number of benzene rings is 1. The average Bonchev–Trinajstić information content (AvgIpc) is 3.05. The predicted octanol–water partition coefficient (Wildman–Crippen LogP) is 9.48. The summed E-state index contributed by atoms with van der Waals surface area (Å²) in [6.45, 7) is 1.92. The molecular formula is C32H56N3O8P. The summed E-state index contributed by atoms with van der Waals surface area (Å²) in [4.78, 5) is 15.6. The molecule has 2 atom stereocenters. The van der Waals surface area contributed by atoms with Gasteiger partial charge in [0, 0.05) is 25.6 Å². The fraction of sp³-hybridized carbons (Fsp3) is 0.781. The Balaban J connectivity index is 2.49. The lowest BCUT2D eigenvalue weighted by atomic mass is 10.0. The summed E-state index contributed by atoms with van der Waals surface area (Å²) in [6.07, 6.45) is 17.0. The van der Waals surface area contributed by atoms with Crippen LogP contribution < -0.4 is 4.74 Å². The van der Waals surface area contributed by atoms with E-state index >= 15 is 0 Å². The van der Waals surface area contributed by atoms with E-state index in [0.29, 0.717) is 12.2 Å². The van der Waals surface area contributed by atoms with Crippen LogP contribution in [0.25, 0.3) is 10.4 Å². The number of phosphoric acid groups is 1. The smallest absolute Gasteiger partial charge is 0.474 e. The molecule has 0 heterocycles. The van der Waals surface area contributed by atoms with Crippen LogP contribution in [0.3, 0.4) is 0 Å². The number of hydrogen-bond donors (Lipinski definition) is 0. The molecule has 0 spiro atoms. The number of nitrogens with zero attached hydrogens (tertiary/aromatic N) is 3. The van der Waals surface area contributed by atoms with E-state index < -0.39 is 26.0 Å². The molecule has 0 saturated heterocycles. The molecule has 0 unspecified atom stereocenters. The van der Waals surface area contributed by atoms with Crippen LogP contribution in [-0.4, -0.2) is 52.7 Å². The normalized spacial score (nSPS) is 12.8. The van der Waals surface area contributed by atoms with Crippen LogP contribution in [0.4, 0.5) is 0 Å². The van der Waals surface area contributed by atoms with E-state index in [1.54, 1.807) is 19.2 Å². The SMILES string of the molecule is CCCCCCCCCCCCCCCCCC(=O)O[C@@H](CN=[N+]=[N-])[C@H](COP(=O)(OC)OC)OCc1ccc(OC)cc1. The third-order valence-electron chi connectivity index (χ3n) is 7.47. The molecule has 0 fully saturated rings. The maximum absolute atomic E-state index is 12.7. The van der Waals surface area contributed by atoms with Gasteiger partial charge in [0.05, 0.1) is 26.9 Å². The van der Waals surface area contributed by atoms with Crippen molar-refractivity contribution in [3.63, 3.8) is 0 Å². The van der Waals surface area contributed by atoms with Crippen LogP contribution in [0.15, 0.2) is 29.4 Å². The topological polar surface area (TPSA) is 138 Å². The number of methoxy groups -OCH3 is 1. The van der Waals surface area contributed by atoms with Gasteiger partial charge in [-0.3, -0.25) is 18.4 Å². The molecule has 44 heavy (non-hydrogen) atoms. The summed E-state index contributed by atoms with van der Waals surface area (Å²) in [5.41, 5.74) is 9.75. The lowest BCUT2D eigenvalue weighted by molar-refractivity contribution is -0.159. The Morgan fingerprint density at radius 1 is 0.818 bits per heavy atom. The van der Waals surface area contributed by atoms with Gasteiger partial charge >= 0.3 is 13.8 Å². The minimum Gasteiger partial charge on any atom is -0.497 e. The highest BCUT2D eigenvalue weighted by molar-refractivity contribution is 7.48. The second-order valence-electron chi connectivity index (χ2n) is 10.9. The van der Waals surface area contributed by atoms with Gasteiger partial charge in [-0.1, -0.05) is 114 Å². The Morgan fingerprint density at radius 3 is 1.82 bits per heavy atom. The van der Waals surface area contributed by atoms with Gasteiger partial charge < -0.3 is 14.2 Å². The molecule has 0 aliphatic rings. The third kappa shape index (κ3) is 19.3. The summed E-state index contributed by atoms with van der Waals surface area (Å²) >= 11 is 0. The first-order chi connectivity index (χ1) is 21.4. The summed E-state index contributed by atoms with van der Waals surface area (Å²) in [7, 11) is 0.154. The van der Waals surface area contributed by atoms with Crippen LogP contribution in [-0.2, 0) is 39.0 Å². The summed E-state index contributed by atoms with van der Waals surface area (Å²) in [5.74, 6) is 0.279. The molecule has 1 rings (SSSR count). The van der Waals surface area contributed by atoms with Gasteiger partial charge in [-0.15, -0.1) is 0 Å². The van der Waals surface area contributed by atoms with Gasteiger partial charge in [0.1, 0.15) is 18.0 Å². The summed E-state index contributed by atoms with van der Waals surface area (Å²) in [6, 6.07) is 7.25. The summed E-state index contributed by atoms with van der Waals surface area (Å²) in [5, 5.41) is 3.60. The number of azide groups is 1. The zero-order valence-corrected chi connectivity index (χ0v) is 28.3. The Hall–Kier alpha value is -2.13. The predicted molar refractivity (Wildman–Crippen MR) is 173 cm³/mol. The highest BCUT2D eigenvalue weighted by Crippen LogP contribution is 2.47. The molecule has 1 aromatic rings. The van der Waals surface area contributed by atoms with E-state index in [0.717, 1.165) is 18.4 Å². The molecule has 0 aromatic heterocycles. The van der Waals surface area contributed by atoms with Crippen LogP contribution in [0, 0.1) is 0 Å². The first-order valence-corrected chi connectivity index (χ1v) is 17.7. The molecule has 1 aromatic carbocycles. The van der Waals surface area contributed by atoms with Gasteiger partial charge in [-0.25, -0.2) is 4.57 Å². The maximum Gasteiger partial charge on any atom is 0.474 e. The average molecular weight is 642 g/mol. The Labute approximate surface area is 264 Å². The van der Waals surface area contributed by atoms with E-state index in [9.17, 15) is 9.36 Å². The minimum atomic E-state index is -3.83. The van der Waals surface area contributed by atoms with Crippen molar-refractivity contribution in [3.05, 3.63) is 40.3 Å². The first kappa shape index (κ1) is 39.9. The molecule has 0 N–H and O–H groups in total. The second kappa shape index (κ2) is 26.1. The number of carbonyl (C=O) groups is 1. The molecule has 0 aliphatic heterocycles. The van der Waals surface area contributed by atoms with Crippen molar-refractivity contribution < 1.29 is 37.1 Å². The Morgan fingerprint density at radius 2 is 1.34 bits per heavy atom. The van der Waals surface area contributed by atoms with Crippen molar-refractivity contribution in [1.29, 1.82) is 0 Å². The van der Waals surface area contributed by atoms with Crippen molar-refractivity contribution in [2.45, 2.75) is 128 Å². The van der Waals surface area contributed by atoms with Gasteiger partial charge in [-0.2, -0.15) is 0 Å². The quantitative estimate of drug-likeness (QED) is 0.0210. The zero-order valence-electron chi connectivity index (χ0n) is 27.5. The van der Waals surface area contributed by atoms with Crippen LogP contribution >= 0.6 is 7.82 Å². The highest BCUT2D eigenvalue weighted by Gasteiger charge is 2.31. The van der Waals surface area contributed by atoms with Gasteiger partial charge in [0.2, 0.25) is 0 Å². The number of esters is 1. The van der Waals surface area contributed by atoms with E-state index in [2.05, 4.69) is 16.9 Å². The monoisotopic (exact) mass is 641 g/mol. The maximum atomic E-state index is 12.7. The number of carbonyl (C=O) groups excluding carboxylic acids is 1. The molecule has 12 heteroatoms. The lowest BCUT2D eigenvalue weighted by Crippen LogP contribution is -2.39. The molecule has 0 saturated carbocycles. The van der Waals surface area contributed by atoms with E-state index in [1.807, 2.05) is 12.1 Å². The van der Waals surface area contributed by atoms with Crippen molar-refractivity contribution in [1.82, 2.24) is 0 Å². The van der Waals surface area contributed by atoms with Gasteiger partial charge in [0.25, 0.3) is 0 Å². The Bertz CT molecular complexity index is 951. The molecule has 0 radical (unpaired) electrons. The van der Waals surface area contributed by atoms with Crippen molar-refractivity contribution >= 4 is 13.8 Å². The largest absolute Gasteiger partial charge is 0.497 e. The highest BCUT2D eigenvalue weighted by atomic mass is 31.2. The number of ether oxygens (including phenoxy) is 3. The second-order valence-corrected chi connectivity index (χ2v) is 12.8. The number of rotatable bonds is 29. The standard InChI is InChI=1S/C32H56N3O8P/c1-5-6-7-8-9-10-11-12-13-14-15-16-17-18-19-20-32(36)43-30(25-34-35-33)31(27-42-44(37,39-3)40-4)41-26-28-21-23-29(38-2)24-22-28/h21-24,30-31H,5-20,25-27H2,1-4H3/t30-,31-/m0/s1. The lowest BCUT2D eigenvalue weighted by Gasteiger charge is -2.27. The van der Waals surface area contributed by atoms with Crippen LogP contribution in [0.1, 0.15) is 115 Å². The fourth-order valence-corrected chi connectivity index (χ4v) is 5.44. The van der Waals surface area contributed by atoms with Crippen molar-refractivity contribution in [2.24, 2.45) is 5.11 Å². The van der Waals surface area contributed by atoms with Gasteiger partial charge in [0.15, 0.2) is 0 Å². The van der Waals surface area contributed by atoms with Crippen LogP contribution in [0.2, 0.25) is 0 Å². The number of unbranched alkanes of at least 4 members (excludes halogenated alkanes) is 14. The van der Waals surface area contributed by atoms with Crippen molar-refractivity contribution in [3.8, 4) is 5.75 Å². The molecule has 0 aliphatic carbocycles. The van der Waals surface area contributed by atoms with Crippen molar-refractivity contribution in [2.75, 3.05) is 34.5 Å². The van der Waals surface area contributed by atoms with E-state index in [-0.39, 0.29) is 26.2 Å². The Kier molecular flexibility index (Phi) is 23.7. The first-order valence-electron chi connectivity index (χ1n) is 16.2. The molecule has 252 valence electrons.